The molecule has 2 saturated heterocycles. The van der Waals surface area contributed by atoms with Crippen LogP contribution in [0.3, 0.4) is 0 Å². The molecule has 1 aromatic carbocycles. The number of oxime groups is 1. The van der Waals surface area contributed by atoms with E-state index in [2.05, 4.69) is 12.2 Å². The van der Waals surface area contributed by atoms with Gasteiger partial charge in [0.2, 0.25) is 0 Å². The standard InChI is InChI=1S/C15H17N3O4/c1-17-13-6-7-14(17)9-11(8-13)16-22-15(19)10-2-4-12(5-3-10)18(20)21/h2-5,13-14H,6-9H2,1H3/p+1/t13-,14+. The Kier molecular flexibility index (Phi) is 3.89. The fourth-order valence-corrected chi connectivity index (χ4v) is 3.32. The quantitative estimate of drug-likeness (QED) is 0.512. The van der Waals surface area contributed by atoms with Gasteiger partial charge in [-0.1, -0.05) is 5.16 Å². The summed E-state index contributed by atoms with van der Waals surface area (Å²) in [5.74, 6) is -0.582. The molecule has 0 radical (unpaired) electrons. The molecule has 2 aliphatic heterocycles. The summed E-state index contributed by atoms with van der Waals surface area (Å²) in [5, 5.41) is 14.6. The second-order valence-electron chi connectivity index (χ2n) is 5.96. The van der Waals surface area contributed by atoms with Crippen molar-refractivity contribution in [3.8, 4) is 0 Å². The van der Waals surface area contributed by atoms with Gasteiger partial charge in [0.1, 0.15) is 0 Å². The lowest BCUT2D eigenvalue weighted by Gasteiger charge is -2.28. The van der Waals surface area contributed by atoms with Gasteiger partial charge in [-0.25, -0.2) is 4.79 Å². The van der Waals surface area contributed by atoms with Gasteiger partial charge in [-0.15, -0.1) is 0 Å². The summed E-state index contributed by atoms with van der Waals surface area (Å²) in [6.07, 6.45) is 4.14. The number of nitro benzene ring substituents is 1. The predicted octanol–water partition coefficient (Wildman–Crippen LogP) is 0.947. The van der Waals surface area contributed by atoms with Crippen molar-refractivity contribution in [2.24, 2.45) is 5.16 Å². The molecule has 0 spiro atoms. The third-order valence-electron chi connectivity index (χ3n) is 4.69. The molecule has 1 unspecified atom stereocenters. The lowest BCUT2D eigenvalue weighted by Crippen LogP contribution is -3.15. The van der Waals surface area contributed by atoms with E-state index in [-0.39, 0.29) is 11.3 Å². The molecule has 0 aromatic heterocycles. The smallest absolute Gasteiger partial charge is 0.332 e. The molecule has 2 fully saturated rings. The number of carbonyl (C=O) groups excluding carboxylic acids is 1. The summed E-state index contributed by atoms with van der Waals surface area (Å²) in [6, 6.07) is 6.48. The minimum atomic E-state index is -0.582. The molecule has 2 bridgehead atoms. The monoisotopic (exact) mass is 304 g/mol. The lowest BCUT2D eigenvalue weighted by molar-refractivity contribution is -0.917. The van der Waals surface area contributed by atoms with E-state index < -0.39 is 10.9 Å². The van der Waals surface area contributed by atoms with E-state index >= 15 is 0 Å². The number of hydrogen-bond donors (Lipinski definition) is 1. The number of nitrogens with zero attached hydrogens (tertiary/aromatic N) is 2. The molecule has 116 valence electrons. The van der Waals surface area contributed by atoms with Crippen LogP contribution in [0.4, 0.5) is 5.69 Å². The predicted molar refractivity (Wildman–Crippen MR) is 78.9 cm³/mol. The van der Waals surface area contributed by atoms with Crippen molar-refractivity contribution in [3.05, 3.63) is 39.9 Å². The van der Waals surface area contributed by atoms with Gasteiger partial charge in [0.05, 0.1) is 35.3 Å². The number of hydrogen-bond acceptors (Lipinski definition) is 5. The van der Waals surface area contributed by atoms with Crippen LogP contribution in [-0.4, -0.2) is 35.7 Å². The van der Waals surface area contributed by atoms with Crippen molar-refractivity contribution < 1.29 is 19.5 Å². The molecule has 1 aromatic rings. The highest BCUT2D eigenvalue weighted by Gasteiger charge is 2.41. The number of non-ortho nitro benzene ring substituents is 1. The van der Waals surface area contributed by atoms with Gasteiger partial charge < -0.3 is 9.74 Å². The first kappa shape index (κ1) is 14.6. The van der Waals surface area contributed by atoms with Gasteiger partial charge >= 0.3 is 5.97 Å². The van der Waals surface area contributed by atoms with Crippen LogP contribution in [0.2, 0.25) is 0 Å². The molecular weight excluding hydrogens is 286 g/mol. The topological polar surface area (TPSA) is 86.2 Å². The number of piperidine rings is 1. The molecule has 3 atom stereocenters. The average molecular weight is 304 g/mol. The normalized spacial score (nSPS) is 28.6. The fourth-order valence-electron chi connectivity index (χ4n) is 3.32. The molecule has 0 saturated carbocycles. The Morgan fingerprint density at radius 3 is 2.41 bits per heavy atom. The molecule has 3 rings (SSSR count). The highest BCUT2D eigenvalue weighted by Crippen LogP contribution is 2.21. The van der Waals surface area contributed by atoms with Crippen LogP contribution in [0.1, 0.15) is 36.0 Å². The van der Waals surface area contributed by atoms with Gasteiger partial charge in [0.25, 0.3) is 5.69 Å². The largest absolute Gasteiger partial charge is 0.365 e. The molecule has 1 N–H and O–H groups in total. The Bertz CT molecular complexity index is 610. The Morgan fingerprint density at radius 1 is 1.27 bits per heavy atom. The molecule has 2 heterocycles. The van der Waals surface area contributed by atoms with Crippen LogP contribution < -0.4 is 4.90 Å². The Balaban J connectivity index is 1.62. The van der Waals surface area contributed by atoms with Gasteiger partial charge in [0.15, 0.2) is 0 Å². The maximum Gasteiger partial charge on any atom is 0.365 e. The Labute approximate surface area is 127 Å². The minimum absolute atomic E-state index is 0.0577. The molecule has 0 aliphatic carbocycles. The number of carbonyl (C=O) groups is 1. The highest BCUT2D eigenvalue weighted by atomic mass is 16.7. The van der Waals surface area contributed by atoms with Crippen LogP contribution in [0.25, 0.3) is 0 Å². The molecule has 0 amide bonds. The van der Waals surface area contributed by atoms with E-state index in [0.29, 0.717) is 12.1 Å². The minimum Gasteiger partial charge on any atom is -0.332 e. The summed E-state index contributed by atoms with van der Waals surface area (Å²) in [6.45, 7) is 0. The zero-order valence-corrected chi connectivity index (χ0v) is 12.3. The zero-order valence-electron chi connectivity index (χ0n) is 12.3. The van der Waals surface area contributed by atoms with E-state index in [1.807, 2.05) is 0 Å². The maximum absolute atomic E-state index is 11.9. The summed E-state index contributed by atoms with van der Waals surface area (Å²) in [7, 11) is 2.21. The summed E-state index contributed by atoms with van der Waals surface area (Å²) in [4.78, 5) is 28.5. The highest BCUT2D eigenvalue weighted by molar-refractivity contribution is 5.91. The lowest BCUT2D eigenvalue weighted by atomic mass is 10.0. The van der Waals surface area contributed by atoms with Crippen molar-refractivity contribution in [3.63, 3.8) is 0 Å². The van der Waals surface area contributed by atoms with Crippen LogP contribution in [0.15, 0.2) is 29.4 Å². The van der Waals surface area contributed by atoms with E-state index in [9.17, 15) is 14.9 Å². The van der Waals surface area contributed by atoms with Gasteiger partial charge in [0, 0.05) is 37.8 Å². The van der Waals surface area contributed by atoms with Crippen molar-refractivity contribution >= 4 is 17.4 Å². The number of benzene rings is 1. The summed E-state index contributed by atoms with van der Waals surface area (Å²) < 4.78 is 0. The third kappa shape index (κ3) is 2.85. The van der Waals surface area contributed by atoms with Gasteiger partial charge in [-0.3, -0.25) is 10.1 Å². The maximum atomic E-state index is 11.9. The second kappa shape index (κ2) is 5.84. The van der Waals surface area contributed by atoms with Crippen molar-refractivity contribution in [2.45, 2.75) is 37.8 Å². The van der Waals surface area contributed by atoms with E-state index in [4.69, 9.17) is 4.84 Å². The van der Waals surface area contributed by atoms with Crippen molar-refractivity contribution in [2.75, 3.05) is 7.05 Å². The number of nitro groups is 1. The summed E-state index contributed by atoms with van der Waals surface area (Å²) in [5.41, 5.74) is 1.14. The number of nitrogens with one attached hydrogen (secondary N) is 1. The van der Waals surface area contributed by atoms with E-state index in [0.717, 1.165) is 18.6 Å². The molecule has 7 heteroatoms. The van der Waals surface area contributed by atoms with Crippen LogP contribution >= 0.6 is 0 Å². The second-order valence-corrected chi connectivity index (χ2v) is 5.96. The number of rotatable bonds is 3. The van der Waals surface area contributed by atoms with Crippen molar-refractivity contribution in [1.29, 1.82) is 0 Å². The van der Waals surface area contributed by atoms with Crippen LogP contribution in [0, 0.1) is 10.1 Å². The molecule has 2 aliphatic rings. The zero-order chi connectivity index (χ0) is 15.7. The van der Waals surface area contributed by atoms with Crippen LogP contribution in [0.5, 0.6) is 0 Å². The van der Waals surface area contributed by atoms with Crippen molar-refractivity contribution in [1.82, 2.24) is 0 Å². The Morgan fingerprint density at radius 2 is 1.86 bits per heavy atom. The first-order chi connectivity index (χ1) is 10.5. The first-order valence-electron chi connectivity index (χ1n) is 7.39. The average Bonchev–Trinajstić information content (AvgIpc) is 2.75. The number of fused-ring (bicyclic) bond motifs is 2. The Hall–Kier alpha value is -2.28. The van der Waals surface area contributed by atoms with Crippen LogP contribution in [-0.2, 0) is 4.84 Å². The SMILES string of the molecule is C[NH+]1[C@@H]2CC[C@H]1CC(=NOC(=O)c1ccc([N+](=O)[O-])cc1)C2. The number of quaternary nitrogens is 1. The molecular formula is C15H18N3O4+. The van der Waals surface area contributed by atoms with Gasteiger partial charge in [-0.05, 0) is 12.1 Å². The van der Waals surface area contributed by atoms with Gasteiger partial charge in [-0.2, -0.15) is 0 Å². The molecule has 22 heavy (non-hydrogen) atoms. The van der Waals surface area contributed by atoms with E-state index in [1.54, 1.807) is 4.90 Å². The first-order valence-corrected chi connectivity index (χ1v) is 7.39. The fraction of sp³-hybridized carbons (Fsp3) is 0.467. The van der Waals surface area contributed by atoms with E-state index in [1.165, 1.54) is 37.1 Å². The third-order valence-corrected chi connectivity index (χ3v) is 4.69. The summed E-state index contributed by atoms with van der Waals surface area (Å²) >= 11 is 0. The molecule has 7 nitrogen and oxygen atoms in total.